The topological polar surface area (TPSA) is 95.3 Å². The molecular formula is C20H20N4O4S. The molecule has 0 radical (unpaired) electrons. The average molecular weight is 412 g/mol. The summed E-state index contributed by atoms with van der Waals surface area (Å²) in [5, 5.41) is 8.82. The number of fused-ring (bicyclic) bond motifs is 6. The van der Waals surface area contributed by atoms with Crippen molar-refractivity contribution < 1.29 is 19.1 Å². The molecule has 1 aliphatic rings. The molecule has 0 aliphatic carbocycles. The number of carbonyl (C=O) groups excluding carboxylic acids is 2. The Morgan fingerprint density at radius 2 is 2.07 bits per heavy atom. The average Bonchev–Trinajstić information content (AvgIpc) is 3.34. The Hall–Kier alpha value is -3.04. The zero-order valence-electron chi connectivity index (χ0n) is 15.9. The molecule has 3 aromatic heterocycles. The number of thiophene rings is 1. The Labute approximate surface area is 171 Å². The van der Waals surface area contributed by atoms with Crippen molar-refractivity contribution in [2.45, 2.75) is 12.8 Å². The molecule has 1 N–H and O–H groups in total. The van der Waals surface area contributed by atoms with Crippen LogP contribution in [0.1, 0.15) is 33.7 Å². The van der Waals surface area contributed by atoms with Crippen molar-refractivity contribution in [1.82, 2.24) is 14.8 Å². The van der Waals surface area contributed by atoms with Crippen LogP contribution in [0.3, 0.4) is 0 Å². The van der Waals surface area contributed by atoms with Crippen molar-refractivity contribution in [3.05, 3.63) is 47.2 Å². The number of carbonyl (C=O) groups is 2. The smallest absolute Gasteiger partial charge is 0.256 e. The first kappa shape index (κ1) is 19.3. The van der Waals surface area contributed by atoms with Gasteiger partial charge in [0.1, 0.15) is 6.61 Å². The summed E-state index contributed by atoms with van der Waals surface area (Å²) in [4.78, 5) is 30.4. The lowest BCUT2D eigenvalue weighted by molar-refractivity contribution is 0.0862. The number of ether oxygens (including phenoxy) is 2. The van der Waals surface area contributed by atoms with Crippen LogP contribution in [-0.4, -0.2) is 46.3 Å². The van der Waals surface area contributed by atoms with E-state index in [1.807, 2.05) is 18.2 Å². The van der Waals surface area contributed by atoms with E-state index >= 15 is 0 Å². The van der Waals surface area contributed by atoms with Gasteiger partial charge < -0.3 is 14.8 Å². The van der Waals surface area contributed by atoms with Gasteiger partial charge in [0.05, 0.1) is 17.9 Å². The van der Waals surface area contributed by atoms with Gasteiger partial charge in [0.2, 0.25) is 5.88 Å². The summed E-state index contributed by atoms with van der Waals surface area (Å²) in [6.07, 6.45) is 4.16. The third-order valence-corrected chi connectivity index (χ3v) is 5.37. The standard InChI is InChI=1S/C20H20N4O4S/c1-24-11-15-19(23-24)16(25)3-2-6-27-7-8-28-18-10-13(4-5-21-18)17-9-14(12-29-17)20(26)22-15/h4-5,9-12H,2-3,6-8H2,1H3,(H,22,26). The summed E-state index contributed by atoms with van der Waals surface area (Å²) in [6, 6.07) is 5.52. The Bertz CT molecular complexity index is 1040. The van der Waals surface area contributed by atoms with Crippen LogP contribution >= 0.6 is 11.3 Å². The molecule has 0 aromatic carbocycles. The third-order valence-electron chi connectivity index (χ3n) is 4.39. The number of aromatic nitrogens is 3. The first-order chi connectivity index (χ1) is 14.1. The summed E-state index contributed by atoms with van der Waals surface area (Å²) in [5.41, 5.74) is 2.11. The summed E-state index contributed by atoms with van der Waals surface area (Å²) in [5.74, 6) is 0.0818. The van der Waals surface area contributed by atoms with Crippen LogP contribution in [0.25, 0.3) is 10.4 Å². The van der Waals surface area contributed by atoms with E-state index in [1.165, 1.54) is 16.0 Å². The van der Waals surface area contributed by atoms with Crippen LogP contribution in [0.4, 0.5) is 5.69 Å². The predicted molar refractivity (Wildman–Crippen MR) is 109 cm³/mol. The van der Waals surface area contributed by atoms with E-state index in [0.29, 0.717) is 43.4 Å². The van der Waals surface area contributed by atoms with Gasteiger partial charge in [-0.1, -0.05) is 0 Å². The molecule has 9 heteroatoms. The Morgan fingerprint density at radius 1 is 1.17 bits per heavy atom. The highest BCUT2D eigenvalue weighted by atomic mass is 32.1. The van der Waals surface area contributed by atoms with Gasteiger partial charge in [-0.3, -0.25) is 14.3 Å². The lowest BCUT2D eigenvalue weighted by Crippen LogP contribution is -2.14. The predicted octanol–water partition coefficient (Wildman–Crippen LogP) is 3.17. The quantitative estimate of drug-likeness (QED) is 0.609. The number of Topliss-reactive ketones (excluding diaryl/α,β-unsaturated/α-hetero) is 1. The minimum Gasteiger partial charge on any atom is -0.475 e. The van der Waals surface area contributed by atoms with E-state index in [-0.39, 0.29) is 23.8 Å². The third kappa shape index (κ3) is 4.52. The maximum absolute atomic E-state index is 12.7. The molecular weight excluding hydrogens is 392 g/mol. The number of amides is 1. The van der Waals surface area contributed by atoms with Crippen LogP contribution in [-0.2, 0) is 11.8 Å². The molecule has 1 aliphatic heterocycles. The van der Waals surface area contributed by atoms with Crippen LogP contribution in [0.15, 0.2) is 36.0 Å². The Kier molecular flexibility index (Phi) is 5.68. The number of nitrogens with one attached hydrogen (secondary N) is 1. The highest BCUT2D eigenvalue weighted by molar-refractivity contribution is 7.13. The van der Waals surface area contributed by atoms with E-state index in [1.54, 1.807) is 24.8 Å². The van der Waals surface area contributed by atoms with Crippen molar-refractivity contribution in [1.29, 1.82) is 0 Å². The molecule has 4 heterocycles. The fourth-order valence-electron chi connectivity index (χ4n) is 2.99. The molecule has 150 valence electrons. The van der Waals surface area contributed by atoms with E-state index in [2.05, 4.69) is 15.4 Å². The maximum Gasteiger partial charge on any atom is 0.256 e. The minimum atomic E-state index is -0.287. The van der Waals surface area contributed by atoms with E-state index in [0.717, 1.165) is 10.4 Å². The second-order valence-electron chi connectivity index (χ2n) is 6.59. The van der Waals surface area contributed by atoms with Gasteiger partial charge in [-0.15, -0.1) is 11.3 Å². The number of rotatable bonds is 0. The molecule has 1 amide bonds. The van der Waals surface area contributed by atoms with Gasteiger partial charge in [0, 0.05) is 48.8 Å². The van der Waals surface area contributed by atoms with Crippen molar-refractivity contribution in [2.24, 2.45) is 7.05 Å². The molecule has 4 bridgehead atoms. The number of nitrogens with zero attached hydrogens (tertiary/aromatic N) is 3. The monoisotopic (exact) mass is 412 g/mol. The van der Waals surface area contributed by atoms with E-state index in [9.17, 15) is 9.59 Å². The molecule has 0 atom stereocenters. The second-order valence-corrected chi connectivity index (χ2v) is 7.50. The highest BCUT2D eigenvalue weighted by Gasteiger charge is 2.19. The summed E-state index contributed by atoms with van der Waals surface area (Å²) in [6.45, 7) is 1.22. The number of anilines is 1. The zero-order chi connectivity index (χ0) is 20.2. The molecule has 0 saturated heterocycles. The van der Waals surface area contributed by atoms with Gasteiger partial charge in [-0.2, -0.15) is 5.10 Å². The lowest BCUT2D eigenvalue weighted by Gasteiger charge is -2.08. The number of hydrogen-bond donors (Lipinski definition) is 1. The van der Waals surface area contributed by atoms with Crippen molar-refractivity contribution in [3.63, 3.8) is 0 Å². The normalized spacial score (nSPS) is 15.6. The largest absolute Gasteiger partial charge is 0.475 e. The van der Waals surface area contributed by atoms with Crippen molar-refractivity contribution in [2.75, 3.05) is 25.1 Å². The first-order valence-electron chi connectivity index (χ1n) is 9.24. The molecule has 8 nitrogen and oxygen atoms in total. The SMILES string of the molecule is Cn1cc2c(n1)C(=O)CCCOCCOc1cc(ccn1)-c1cc(cs1)C(=O)N2. The second kappa shape index (κ2) is 8.54. The summed E-state index contributed by atoms with van der Waals surface area (Å²) >= 11 is 1.45. The molecule has 0 unspecified atom stereocenters. The van der Waals surface area contributed by atoms with E-state index < -0.39 is 0 Å². The number of ketones is 1. The van der Waals surface area contributed by atoms with Crippen LogP contribution in [0.5, 0.6) is 5.88 Å². The maximum atomic E-state index is 12.7. The number of aryl methyl sites for hydroxylation is 1. The van der Waals surface area contributed by atoms with Crippen LogP contribution < -0.4 is 10.1 Å². The molecule has 4 rings (SSSR count). The van der Waals surface area contributed by atoms with E-state index in [4.69, 9.17) is 9.47 Å². The van der Waals surface area contributed by atoms with Crippen molar-refractivity contribution >= 4 is 28.7 Å². The van der Waals surface area contributed by atoms with Gasteiger partial charge >= 0.3 is 0 Å². The van der Waals surface area contributed by atoms with Crippen LogP contribution in [0, 0.1) is 0 Å². The molecule has 0 fully saturated rings. The van der Waals surface area contributed by atoms with Gasteiger partial charge in [-0.05, 0) is 24.1 Å². The summed E-state index contributed by atoms with van der Waals surface area (Å²) < 4.78 is 12.7. The minimum absolute atomic E-state index is 0.132. The summed E-state index contributed by atoms with van der Waals surface area (Å²) in [7, 11) is 1.72. The lowest BCUT2D eigenvalue weighted by atomic mass is 10.1. The Balaban J connectivity index is 1.64. The fourth-order valence-corrected chi connectivity index (χ4v) is 3.88. The molecule has 0 saturated carbocycles. The fraction of sp³-hybridized carbons (Fsp3) is 0.300. The highest BCUT2D eigenvalue weighted by Crippen LogP contribution is 2.29. The van der Waals surface area contributed by atoms with Gasteiger partial charge in [0.15, 0.2) is 11.5 Å². The van der Waals surface area contributed by atoms with Crippen LogP contribution in [0.2, 0.25) is 0 Å². The zero-order valence-corrected chi connectivity index (χ0v) is 16.7. The van der Waals surface area contributed by atoms with Crippen molar-refractivity contribution in [3.8, 4) is 16.3 Å². The van der Waals surface area contributed by atoms with Gasteiger partial charge in [0.25, 0.3) is 5.91 Å². The molecule has 0 spiro atoms. The Morgan fingerprint density at radius 3 is 2.97 bits per heavy atom. The number of pyridine rings is 1. The number of hydrogen-bond acceptors (Lipinski definition) is 7. The first-order valence-corrected chi connectivity index (χ1v) is 10.1. The van der Waals surface area contributed by atoms with Gasteiger partial charge in [-0.25, -0.2) is 4.98 Å². The molecule has 3 aromatic rings. The molecule has 29 heavy (non-hydrogen) atoms.